The van der Waals surface area contributed by atoms with E-state index in [1.165, 1.54) is 0 Å². The Hall–Kier alpha value is -1.88. The molecule has 0 unspecified atom stereocenters. The highest BCUT2D eigenvalue weighted by atomic mass is 32.1. The molecular weight excluding hydrogens is 234 g/mol. The summed E-state index contributed by atoms with van der Waals surface area (Å²) in [7, 11) is 1.62. The van der Waals surface area contributed by atoms with Gasteiger partial charge >= 0.3 is 0 Å². The van der Waals surface area contributed by atoms with Gasteiger partial charge in [0.1, 0.15) is 5.75 Å². The summed E-state index contributed by atoms with van der Waals surface area (Å²) >= 11 is 4.98. The zero-order chi connectivity index (χ0) is 12.5. The molecule has 0 saturated heterocycles. The lowest BCUT2D eigenvalue weighted by atomic mass is 10.2. The maximum Gasteiger partial charge on any atom is 0.187 e. The zero-order valence-corrected chi connectivity index (χ0v) is 10.5. The molecule has 0 aliphatic rings. The van der Waals surface area contributed by atoms with Crippen LogP contribution in [-0.4, -0.2) is 25.0 Å². The highest BCUT2D eigenvalue weighted by Crippen LogP contribution is 2.14. The number of methoxy groups -OCH3 is 1. The van der Waals surface area contributed by atoms with Crippen LogP contribution in [0.5, 0.6) is 5.75 Å². The van der Waals surface area contributed by atoms with E-state index in [0.717, 1.165) is 11.3 Å². The van der Waals surface area contributed by atoms with Crippen LogP contribution < -0.4 is 15.5 Å². The van der Waals surface area contributed by atoms with E-state index < -0.39 is 0 Å². The second-order valence-corrected chi connectivity index (χ2v) is 3.52. The first-order valence-corrected chi connectivity index (χ1v) is 5.49. The molecule has 5 heteroatoms. The fourth-order valence-corrected chi connectivity index (χ4v) is 1.27. The van der Waals surface area contributed by atoms with Crippen molar-refractivity contribution in [1.29, 1.82) is 0 Å². The van der Waals surface area contributed by atoms with Gasteiger partial charge in [-0.15, -0.1) is 6.58 Å². The molecule has 90 valence electrons. The first kappa shape index (κ1) is 13.2. The topological polar surface area (TPSA) is 45.7 Å². The first-order valence-electron chi connectivity index (χ1n) is 5.08. The summed E-state index contributed by atoms with van der Waals surface area (Å²) in [5.41, 5.74) is 3.59. The molecule has 0 aliphatic carbocycles. The van der Waals surface area contributed by atoms with Gasteiger partial charge in [-0.1, -0.05) is 18.2 Å². The van der Waals surface area contributed by atoms with Crippen LogP contribution in [0.2, 0.25) is 0 Å². The Morgan fingerprint density at radius 2 is 2.29 bits per heavy atom. The lowest BCUT2D eigenvalue weighted by molar-refractivity contribution is 0.414. The van der Waals surface area contributed by atoms with E-state index >= 15 is 0 Å². The van der Waals surface area contributed by atoms with Crippen LogP contribution in [0.15, 0.2) is 42.0 Å². The van der Waals surface area contributed by atoms with Crippen LogP contribution in [-0.2, 0) is 0 Å². The Morgan fingerprint density at radius 1 is 1.53 bits per heavy atom. The predicted octanol–water partition coefficient (Wildman–Crippen LogP) is 1.68. The van der Waals surface area contributed by atoms with Crippen molar-refractivity contribution in [1.82, 2.24) is 10.7 Å². The Morgan fingerprint density at radius 3 is 3.00 bits per heavy atom. The third-order valence-corrected chi connectivity index (χ3v) is 2.15. The lowest BCUT2D eigenvalue weighted by Gasteiger charge is -2.05. The molecule has 0 atom stereocenters. The van der Waals surface area contributed by atoms with Crippen molar-refractivity contribution in [3.63, 3.8) is 0 Å². The largest absolute Gasteiger partial charge is 0.496 e. The van der Waals surface area contributed by atoms with Crippen LogP contribution >= 0.6 is 12.2 Å². The van der Waals surface area contributed by atoms with Gasteiger partial charge in [0.15, 0.2) is 5.11 Å². The molecule has 4 nitrogen and oxygen atoms in total. The third-order valence-electron chi connectivity index (χ3n) is 1.92. The smallest absolute Gasteiger partial charge is 0.187 e. The summed E-state index contributed by atoms with van der Waals surface area (Å²) in [4.78, 5) is 0. The number of hydrogen-bond acceptors (Lipinski definition) is 3. The predicted molar refractivity (Wildman–Crippen MR) is 74.5 cm³/mol. The second-order valence-electron chi connectivity index (χ2n) is 3.11. The van der Waals surface area contributed by atoms with Gasteiger partial charge in [-0.05, 0) is 24.4 Å². The Balaban J connectivity index is 2.53. The van der Waals surface area contributed by atoms with E-state index in [0.29, 0.717) is 11.7 Å². The number of nitrogens with zero attached hydrogens (tertiary/aromatic N) is 1. The molecule has 1 aromatic rings. The second kappa shape index (κ2) is 7.40. The van der Waals surface area contributed by atoms with Crippen LogP contribution in [0.1, 0.15) is 5.56 Å². The molecule has 0 saturated carbocycles. The molecule has 0 aliphatic heterocycles. The molecule has 0 bridgehead atoms. The molecule has 0 aromatic heterocycles. The minimum Gasteiger partial charge on any atom is -0.496 e. The monoisotopic (exact) mass is 249 g/mol. The summed E-state index contributed by atoms with van der Waals surface area (Å²) in [6.45, 7) is 4.19. The molecule has 17 heavy (non-hydrogen) atoms. The average molecular weight is 249 g/mol. The van der Waals surface area contributed by atoms with Crippen molar-refractivity contribution in [3.05, 3.63) is 42.5 Å². The van der Waals surface area contributed by atoms with Crippen molar-refractivity contribution in [2.45, 2.75) is 0 Å². The molecule has 2 N–H and O–H groups in total. The fraction of sp³-hybridized carbons (Fsp3) is 0.167. The van der Waals surface area contributed by atoms with Gasteiger partial charge in [0.2, 0.25) is 0 Å². The van der Waals surface area contributed by atoms with E-state index in [4.69, 9.17) is 17.0 Å². The number of benzene rings is 1. The number of hydrogen-bond donors (Lipinski definition) is 2. The molecule has 0 amide bonds. The zero-order valence-electron chi connectivity index (χ0n) is 9.64. The van der Waals surface area contributed by atoms with Gasteiger partial charge in [0.05, 0.1) is 13.3 Å². The molecule has 1 aromatic carbocycles. The number of nitrogens with one attached hydrogen (secondary N) is 2. The van der Waals surface area contributed by atoms with Gasteiger partial charge in [0, 0.05) is 12.1 Å². The summed E-state index contributed by atoms with van der Waals surface area (Å²) < 4.78 is 5.19. The van der Waals surface area contributed by atoms with E-state index in [2.05, 4.69) is 22.4 Å². The number of ether oxygens (including phenoxy) is 1. The summed E-state index contributed by atoms with van der Waals surface area (Å²) in [6, 6.07) is 7.60. The van der Waals surface area contributed by atoms with Crippen LogP contribution in [0, 0.1) is 0 Å². The Labute approximate surface area is 106 Å². The maximum atomic E-state index is 5.19. The Bertz CT molecular complexity index is 418. The van der Waals surface area contributed by atoms with Gasteiger partial charge < -0.3 is 10.1 Å². The SMILES string of the molecule is C=CCNC(=S)NN=Cc1ccccc1OC. The number of rotatable bonds is 5. The third kappa shape index (κ3) is 4.65. The molecule has 0 spiro atoms. The fourth-order valence-electron chi connectivity index (χ4n) is 1.14. The quantitative estimate of drug-likeness (QED) is 0.361. The molecule has 0 heterocycles. The van der Waals surface area contributed by atoms with Gasteiger partial charge in [-0.2, -0.15) is 5.10 Å². The van der Waals surface area contributed by atoms with E-state index in [-0.39, 0.29) is 0 Å². The average Bonchev–Trinajstić information content (AvgIpc) is 2.37. The van der Waals surface area contributed by atoms with Gasteiger partial charge in [-0.25, -0.2) is 0 Å². The van der Waals surface area contributed by atoms with E-state index in [1.807, 2.05) is 24.3 Å². The maximum absolute atomic E-state index is 5.19. The van der Waals surface area contributed by atoms with Crippen LogP contribution in [0.3, 0.4) is 0 Å². The van der Waals surface area contributed by atoms with Gasteiger partial charge in [-0.3, -0.25) is 5.43 Å². The number of hydrazone groups is 1. The highest BCUT2D eigenvalue weighted by molar-refractivity contribution is 7.80. The van der Waals surface area contributed by atoms with Crippen molar-refractivity contribution in [3.8, 4) is 5.75 Å². The van der Waals surface area contributed by atoms with E-state index in [9.17, 15) is 0 Å². The normalized spacial score (nSPS) is 9.94. The summed E-state index contributed by atoms with van der Waals surface area (Å²) in [5, 5.41) is 7.37. The summed E-state index contributed by atoms with van der Waals surface area (Å²) in [5.74, 6) is 0.767. The van der Waals surface area contributed by atoms with E-state index in [1.54, 1.807) is 19.4 Å². The van der Waals surface area contributed by atoms with Crippen molar-refractivity contribution < 1.29 is 4.74 Å². The van der Waals surface area contributed by atoms with Crippen LogP contribution in [0.4, 0.5) is 0 Å². The molecular formula is C12H15N3OS. The van der Waals surface area contributed by atoms with Crippen LogP contribution in [0.25, 0.3) is 0 Å². The lowest BCUT2D eigenvalue weighted by Crippen LogP contribution is -2.31. The molecule has 0 radical (unpaired) electrons. The summed E-state index contributed by atoms with van der Waals surface area (Å²) in [6.07, 6.45) is 3.37. The minimum absolute atomic E-state index is 0.455. The first-order chi connectivity index (χ1) is 8.27. The number of thiocarbonyl (C=S) groups is 1. The van der Waals surface area contributed by atoms with Gasteiger partial charge in [0.25, 0.3) is 0 Å². The van der Waals surface area contributed by atoms with Crippen molar-refractivity contribution in [2.24, 2.45) is 5.10 Å². The number of para-hydroxylation sites is 1. The van der Waals surface area contributed by atoms with Crippen molar-refractivity contribution in [2.75, 3.05) is 13.7 Å². The highest BCUT2D eigenvalue weighted by Gasteiger charge is 1.97. The van der Waals surface area contributed by atoms with Crippen molar-refractivity contribution >= 4 is 23.5 Å². The molecule has 0 fully saturated rings. The minimum atomic E-state index is 0.455. The Kier molecular flexibility index (Phi) is 5.74. The molecule has 1 rings (SSSR count). The standard InChI is InChI=1S/C12H15N3OS/c1-3-8-13-12(17)15-14-9-10-6-4-5-7-11(10)16-2/h3-7,9H,1,8H2,2H3,(H2,13,15,17).